The van der Waals surface area contributed by atoms with Crippen LogP contribution in [0.15, 0.2) is 276 Å². The first-order chi connectivity index (χ1) is 41.4. The second-order valence-electron chi connectivity index (χ2n) is 25.2. The van der Waals surface area contributed by atoms with E-state index in [-0.39, 0.29) is 10.8 Å². The molecule has 0 spiro atoms. The molecule has 2 aromatic heterocycles. The maximum atomic E-state index is 6.85. The Morgan fingerprint density at radius 3 is 1.27 bits per heavy atom. The van der Waals surface area contributed by atoms with E-state index in [1.54, 1.807) is 0 Å². The van der Waals surface area contributed by atoms with Gasteiger partial charge in [-0.05, 0) is 173 Å². The maximum Gasteiger partial charge on any atom is 0.159 e. The molecule has 0 aliphatic heterocycles. The first-order valence-electron chi connectivity index (χ1n) is 29.7. The second kappa shape index (κ2) is 18.9. The molecule has 0 unspecified atom stereocenters. The molecule has 85 heavy (non-hydrogen) atoms. The van der Waals surface area contributed by atoms with Crippen LogP contribution in [0.4, 0.5) is 34.1 Å². The Balaban J connectivity index is 0.912. The fourth-order valence-corrected chi connectivity index (χ4v) is 15.3. The average Bonchev–Trinajstić information content (AvgIpc) is 1.76. The van der Waals surface area contributed by atoms with Crippen molar-refractivity contribution < 1.29 is 8.83 Å². The maximum absolute atomic E-state index is 6.85. The van der Waals surface area contributed by atoms with Gasteiger partial charge in [0.1, 0.15) is 11.2 Å². The number of rotatable bonds is 8. The van der Waals surface area contributed by atoms with Gasteiger partial charge in [-0.1, -0.05) is 224 Å². The van der Waals surface area contributed by atoms with Gasteiger partial charge in [-0.15, -0.1) is 0 Å². The van der Waals surface area contributed by atoms with Crippen LogP contribution in [-0.4, -0.2) is 0 Å². The van der Waals surface area contributed by atoms with Crippen LogP contribution < -0.4 is 9.80 Å². The lowest BCUT2D eigenvalue weighted by molar-refractivity contribution is 0.0965. The van der Waals surface area contributed by atoms with Crippen LogP contribution in [0.25, 0.3) is 110 Å². The van der Waals surface area contributed by atoms with Gasteiger partial charge >= 0.3 is 0 Å². The third-order valence-corrected chi connectivity index (χ3v) is 18.5. The Hall–Kier alpha value is -10.2. The van der Waals surface area contributed by atoms with E-state index < -0.39 is 5.41 Å². The molecule has 0 bridgehead atoms. The van der Waals surface area contributed by atoms with Gasteiger partial charge in [-0.25, -0.2) is 0 Å². The Kier molecular flexibility index (Phi) is 11.3. The zero-order valence-corrected chi connectivity index (χ0v) is 48.6. The Bertz CT molecular complexity index is 5120. The third kappa shape index (κ3) is 7.67. The topological polar surface area (TPSA) is 32.8 Å². The standard InChI is InChI=1S/C81H62N2O2/c1-79(2,3)81(80(4,5)6)70-49-56-47-59(82(57-40-35-53(36-41-57)51-21-9-7-10-22-51)71-31-19-29-66-62-26-15-17-33-73(62)84-77(66)71)44-39-55(56)48-69(70)75-64-28-14-13-25-61(64)68-50-60(45-46-65(68)76(75)81)83(58-42-37-54(38-43-58)52-23-11-8-12-24-52)72-32-20-30-67-63-27-16-18-34-74(63)85-78(67)72/h7-50H,1-6H3. The van der Waals surface area contributed by atoms with Gasteiger partial charge in [0.2, 0.25) is 0 Å². The number of benzene rings is 13. The molecule has 4 nitrogen and oxygen atoms in total. The van der Waals surface area contributed by atoms with Crippen LogP contribution in [0.3, 0.4) is 0 Å². The van der Waals surface area contributed by atoms with E-state index in [4.69, 9.17) is 8.83 Å². The van der Waals surface area contributed by atoms with Crippen molar-refractivity contribution in [3.8, 4) is 33.4 Å². The number of para-hydroxylation sites is 4. The number of nitrogens with zero attached hydrogens (tertiary/aromatic N) is 2. The lowest BCUT2D eigenvalue weighted by Gasteiger charge is -2.53. The zero-order chi connectivity index (χ0) is 57.3. The van der Waals surface area contributed by atoms with Crippen molar-refractivity contribution in [2.75, 3.05) is 9.80 Å². The van der Waals surface area contributed by atoms with E-state index >= 15 is 0 Å². The summed E-state index contributed by atoms with van der Waals surface area (Å²) in [5, 5.41) is 11.8. The number of hydrogen-bond donors (Lipinski definition) is 0. The quantitative estimate of drug-likeness (QED) is 0.142. The van der Waals surface area contributed by atoms with Crippen LogP contribution in [0.5, 0.6) is 0 Å². The van der Waals surface area contributed by atoms with Gasteiger partial charge in [0.25, 0.3) is 0 Å². The molecule has 2 heterocycles. The molecule has 0 saturated carbocycles. The van der Waals surface area contributed by atoms with Crippen molar-refractivity contribution in [2.24, 2.45) is 10.8 Å². The summed E-state index contributed by atoms with van der Waals surface area (Å²) in [6, 6.07) is 97.6. The summed E-state index contributed by atoms with van der Waals surface area (Å²) >= 11 is 0. The molecule has 15 aromatic rings. The molecule has 0 atom stereocenters. The second-order valence-corrected chi connectivity index (χ2v) is 25.2. The molecule has 1 aliphatic carbocycles. The van der Waals surface area contributed by atoms with E-state index in [0.29, 0.717) is 0 Å². The molecular formula is C81H62N2O2. The van der Waals surface area contributed by atoms with Gasteiger partial charge < -0.3 is 18.6 Å². The van der Waals surface area contributed by atoms with Gasteiger partial charge in [0, 0.05) is 49.7 Å². The van der Waals surface area contributed by atoms with Crippen molar-refractivity contribution in [1.29, 1.82) is 0 Å². The first-order valence-corrected chi connectivity index (χ1v) is 29.7. The predicted octanol–water partition coefficient (Wildman–Crippen LogP) is 23.6. The largest absolute Gasteiger partial charge is 0.454 e. The minimum Gasteiger partial charge on any atom is -0.454 e. The lowest BCUT2D eigenvalue weighted by Crippen LogP contribution is -2.50. The smallest absolute Gasteiger partial charge is 0.159 e. The summed E-state index contributed by atoms with van der Waals surface area (Å²) in [4.78, 5) is 4.78. The van der Waals surface area contributed by atoms with E-state index in [1.165, 1.54) is 76.8 Å². The Morgan fingerprint density at radius 1 is 0.306 bits per heavy atom. The number of furan rings is 2. The van der Waals surface area contributed by atoms with Gasteiger partial charge in [0.15, 0.2) is 11.2 Å². The van der Waals surface area contributed by atoms with E-state index in [0.717, 1.165) is 78.0 Å². The highest BCUT2D eigenvalue weighted by atomic mass is 16.3. The van der Waals surface area contributed by atoms with Gasteiger partial charge in [-0.3, -0.25) is 0 Å². The van der Waals surface area contributed by atoms with E-state index in [1.807, 2.05) is 0 Å². The molecule has 1 aliphatic rings. The molecule has 13 aromatic carbocycles. The molecule has 408 valence electrons. The highest BCUT2D eigenvalue weighted by Crippen LogP contribution is 2.68. The Morgan fingerprint density at radius 2 is 0.741 bits per heavy atom. The van der Waals surface area contributed by atoms with Crippen LogP contribution in [-0.2, 0) is 5.41 Å². The average molecular weight is 1100 g/mol. The lowest BCUT2D eigenvalue weighted by atomic mass is 9.49. The van der Waals surface area contributed by atoms with E-state index in [2.05, 4.69) is 318 Å². The van der Waals surface area contributed by atoms with Crippen LogP contribution >= 0.6 is 0 Å². The molecule has 0 amide bonds. The van der Waals surface area contributed by atoms with Gasteiger partial charge in [0.05, 0.1) is 11.4 Å². The summed E-state index contributed by atoms with van der Waals surface area (Å²) in [7, 11) is 0. The molecule has 0 N–H and O–H groups in total. The summed E-state index contributed by atoms with van der Waals surface area (Å²) in [5.74, 6) is 0. The number of anilines is 6. The van der Waals surface area contributed by atoms with Crippen LogP contribution in [0, 0.1) is 10.8 Å². The molecular weight excluding hydrogens is 1030 g/mol. The summed E-state index contributed by atoms with van der Waals surface area (Å²) in [6.07, 6.45) is 0. The first kappa shape index (κ1) is 50.6. The molecule has 4 heteroatoms. The summed E-state index contributed by atoms with van der Waals surface area (Å²) in [5.41, 5.74) is 18.8. The highest BCUT2D eigenvalue weighted by Gasteiger charge is 2.59. The van der Waals surface area contributed by atoms with Gasteiger partial charge in [-0.2, -0.15) is 0 Å². The molecule has 0 fully saturated rings. The van der Waals surface area contributed by atoms with Crippen LogP contribution in [0.2, 0.25) is 0 Å². The minimum atomic E-state index is -0.460. The van der Waals surface area contributed by atoms with Crippen molar-refractivity contribution in [2.45, 2.75) is 47.0 Å². The third-order valence-electron chi connectivity index (χ3n) is 18.5. The van der Waals surface area contributed by atoms with Crippen molar-refractivity contribution >= 4 is 110 Å². The highest BCUT2D eigenvalue weighted by molar-refractivity contribution is 6.21. The minimum absolute atomic E-state index is 0.252. The molecule has 0 radical (unpaired) electrons. The van der Waals surface area contributed by atoms with Crippen molar-refractivity contribution in [3.63, 3.8) is 0 Å². The number of fused-ring (bicyclic) bond motifs is 15. The van der Waals surface area contributed by atoms with Crippen molar-refractivity contribution in [1.82, 2.24) is 0 Å². The fraction of sp³-hybridized carbons (Fsp3) is 0.111. The normalized spacial score (nSPS) is 13.2. The molecule has 16 rings (SSSR count). The summed E-state index contributed by atoms with van der Waals surface area (Å²) < 4.78 is 13.7. The number of hydrogen-bond acceptors (Lipinski definition) is 4. The predicted molar refractivity (Wildman–Crippen MR) is 359 cm³/mol. The monoisotopic (exact) mass is 1090 g/mol. The summed E-state index contributed by atoms with van der Waals surface area (Å²) in [6.45, 7) is 14.8. The van der Waals surface area contributed by atoms with Crippen molar-refractivity contribution in [3.05, 3.63) is 278 Å². The SMILES string of the molecule is CC(C)(C)C1(C(C)(C)C)c2cc3cc(N(c4ccc(-c5ccccc5)cc4)c4cccc5c4oc4ccccc45)ccc3cc2-c2c1c1ccc(N(c3ccc(-c4ccccc4)cc3)c3cccc4c3oc3ccccc34)cc1c1ccccc21. The van der Waals surface area contributed by atoms with E-state index in [9.17, 15) is 0 Å². The van der Waals surface area contributed by atoms with Crippen LogP contribution in [0.1, 0.15) is 52.7 Å². The fourth-order valence-electron chi connectivity index (χ4n) is 15.3. The zero-order valence-electron chi connectivity index (χ0n) is 48.6. The molecule has 0 saturated heterocycles. The Labute approximate surface area is 495 Å².